The first kappa shape index (κ1) is 19.0. The fourth-order valence-corrected chi connectivity index (χ4v) is 3.48. The summed E-state index contributed by atoms with van der Waals surface area (Å²) in [5.74, 6) is 1.03. The quantitative estimate of drug-likeness (QED) is 0.708. The molecule has 0 unspecified atom stereocenters. The predicted molar refractivity (Wildman–Crippen MR) is 104 cm³/mol. The molecular weight excluding hydrogens is 328 g/mol. The van der Waals surface area contributed by atoms with Crippen molar-refractivity contribution in [3.8, 4) is 5.88 Å². The van der Waals surface area contributed by atoms with E-state index in [2.05, 4.69) is 22.1 Å². The van der Waals surface area contributed by atoms with Crippen molar-refractivity contribution in [3.05, 3.63) is 17.8 Å². The summed E-state index contributed by atoms with van der Waals surface area (Å²) < 4.78 is 5.81. The Kier molecular flexibility index (Phi) is 6.01. The number of nitrogens with zero attached hydrogens (tertiary/aromatic N) is 2. The van der Waals surface area contributed by atoms with Crippen LogP contribution in [0, 0.1) is 5.92 Å². The van der Waals surface area contributed by atoms with Gasteiger partial charge in [0.25, 0.3) is 5.91 Å². The van der Waals surface area contributed by atoms with Gasteiger partial charge in [-0.15, -0.1) is 0 Å². The zero-order chi connectivity index (χ0) is 18.6. The third kappa shape index (κ3) is 4.67. The summed E-state index contributed by atoms with van der Waals surface area (Å²) in [6.07, 6.45) is 6.56. The molecule has 1 saturated heterocycles. The van der Waals surface area contributed by atoms with Crippen molar-refractivity contribution < 1.29 is 9.53 Å². The van der Waals surface area contributed by atoms with Gasteiger partial charge in [-0.3, -0.25) is 4.79 Å². The lowest BCUT2D eigenvalue weighted by Gasteiger charge is -2.30. The molecule has 1 aliphatic carbocycles. The Morgan fingerprint density at radius 3 is 2.73 bits per heavy atom. The molecule has 144 valence electrons. The fourth-order valence-electron chi connectivity index (χ4n) is 3.48. The first-order valence-electron chi connectivity index (χ1n) is 9.96. The van der Waals surface area contributed by atoms with Gasteiger partial charge in [-0.05, 0) is 51.0 Å². The van der Waals surface area contributed by atoms with E-state index in [1.54, 1.807) is 0 Å². The van der Waals surface area contributed by atoms with Crippen LogP contribution in [0.5, 0.6) is 5.88 Å². The number of nitrogens with two attached hydrogens (primary N) is 1. The Labute approximate surface area is 156 Å². The Morgan fingerprint density at radius 2 is 2.12 bits per heavy atom. The molecule has 1 aliphatic heterocycles. The highest BCUT2D eigenvalue weighted by Crippen LogP contribution is 2.30. The van der Waals surface area contributed by atoms with E-state index < -0.39 is 5.54 Å². The number of anilines is 1. The molecule has 1 saturated carbocycles. The first-order valence-corrected chi connectivity index (χ1v) is 9.96. The smallest absolute Gasteiger partial charge is 0.272 e. The Balaban J connectivity index is 1.82. The van der Waals surface area contributed by atoms with Crippen LogP contribution in [-0.4, -0.2) is 42.7 Å². The average molecular weight is 361 g/mol. The molecular formula is C20H32N4O2. The number of carbonyl (C=O) groups excluding carboxylic acids is 1. The minimum Gasteiger partial charge on any atom is -0.477 e. The van der Waals surface area contributed by atoms with Gasteiger partial charge in [-0.2, -0.15) is 0 Å². The molecule has 6 heteroatoms. The van der Waals surface area contributed by atoms with Crippen molar-refractivity contribution in [2.24, 2.45) is 11.7 Å². The van der Waals surface area contributed by atoms with Crippen molar-refractivity contribution in [2.45, 2.75) is 57.9 Å². The van der Waals surface area contributed by atoms with Gasteiger partial charge in [-0.1, -0.05) is 13.3 Å². The molecule has 1 aromatic heterocycles. The number of pyridine rings is 1. The number of hydrogen-bond acceptors (Lipinski definition) is 5. The van der Waals surface area contributed by atoms with Gasteiger partial charge >= 0.3 is 0 Å². The van der Waals surface area contributed by atoms with E-state index >= 15 is 0 Å². The third-order valence-electron chi connectivity index (χ3n) is 5.34. The molecule has 2 heterocycles. The summed E-state index contributed by atoms with van der Waals surface area (Å²) in [4.78, 5) is 19.9. The van der Waals surface area contributed by atoms with E-state index in [1.807, 2.05) is 19.1 Å². The number of ether oxygens (including phenoxy) is 1. The monoisotopic (exact) mass is 360 g/mol. The van der Waals surface area contributed by atoms with E-state index in [9.17, 15) is 4.79 Å². The van der Waals surface area contributed by atoms with Crippen LogP contribution in [0.25, 0.3) is 0 Å². The van der Waals surface area contributed by atoms with Crippen LogP contribution in [0.2, 0.25) is 0 Å². The molecule has 1 atom stereocenters. The van der Waals surface area contributed by atoms with Crippen molar-refractivity contribution in [3.63, 3.8) is 0 Å². The minimum atomic E-state index is -0.416. The fraction of sp³-hybridized carbons (Fsp3) is 0.700. The highest BCUT2D eigenvalue weighted by atomic mass is 16.5. The van der Waals surface area contributed by atoms with Crippen LogP contribution in [-0.2, 0) is 0 Å². The van der Waals surface area contributed by atoms with Gasteiger partial charge in [0.1, 0.15) is 0 Å². The van der Waals surface area contributed by atoms with Crippen LogP contribution >= 0.6 is 0 Å². The van der Waals surface area contributed by atoms with Gasteiger partial charge in [-0.25, -0.2) is 4.98 Å². The molecule has 0 spiro atoms. The van der Waals surface area contributed by atoms with Crippen molar-refractivity contribution in [1.29, 1.82) is 0 Å². The van der Waals surface area contributed by atoms with Gasteiger partial charge in [0.05, 0.1) is 12.3 Å². The lowest BCUT2D eigenvalue weighted by molar-refractivity contribution is 0.0898. The molecule has 2 fully saturated rings. The Morgan fingerprint density at radius 1 is 1.38 bits per heavy atom. The van der Waals surface area contributed by atoms with Crippen LogP contribution in [0.3, 0.4) is 0 Å². The van der Waals surface area contributed by atoms with E-state index in [1.165, 1.54) is 12.8 Å². The summed E-state index contributed by atoms with van der Waals surface area (Å²) in [5, 5.41) is 3.12. The predicted octanol–water partition coefficient (Wildman–Crippen LogP) is 2.72. The number of rotatable bonds is 9. The van der Waals surface area contributed by atoms with Crippen molar-refractivity contribution in [1.82, 2.24) is 10.3 Å². The van der Waals surface area contributed by atoms with Gasteiger partial charge < -0.3 is 20.7 Å². The van der Waals surface area contributed by atoms with Crippen LogP contribution in [0.1, 0.15) is 62.9 Å². The second-order valence-electron chi connectivity index (χ2n) is 7.93. The molecule has 0 aromatic carbocycles. The van der Waals surface area contributed by atoms with Gasteiger partial charge in [0, 0.05) is 31.2 Å². The Hall–Kier alpha value is -1.82. The number of hydrogen-bond donors (Lipinski definition) is 2. The standard InChI is InChI=1S/C20H32N4O2/c1-3-10-20(2,14-21)23-19(25)18-16(24-11-4-5-12-24)8-9-17(22-18)26-13-15-6-7-15/h8-9,15H,3-7,10-14,21H2,1-2H3,(H,23,25)/t20-/m0/s1. The summed E-state index contributed by atoms with van der Waals surface area (Å²) >= 11 is 0. The maximum Gasteiger partial charge on any atom is 0.272 e. The number of carbonyl (C=O) groups is 1. The average Bonchev–Trinajstić information content (AvgIpc) is 3.31. The van der Waals surface area contributed by atoms with E-state index in [-0.39, 0.29) is 5.91 Å². The molecule has 0 bridgehead atoms. The molecule has 3 rings (SSSR count). The molecule has 2 aliphatic rings. The van der Waals surface area contributed by atoms with Crippen molar-refractivity contribution >= 4 is 11.6 Å². The van der Waals surface area contributed by atoms with Crippen LogP contribution in [0.15, 0.2) is 12.1 Å². The second kappa shape index (κ2) is 8.25. The molecule has 6 nitrogen and oxygen atoms in total. The maximum atomic E-state index is 13.1. The SMILES string of the molecule is CCC[C@@](C)(CN)NC(=O)c1nc(OCC2CC2)ccc1N1CCCC1. The maximum absolute atomic E-state index is 13.1. The first-order chi connectivity index (χ1) is 12.5. The summed E-state index contributed by atoms with van der Waals surface area (Å²) in [6, 6.07) is 3.87. The highest BCUT2D eigenvalue weighted by Gasteiger charge is 2.29. The van der Waals surface area contributed by atoms with E-state index in [0.29, 0.717) is 30.6 Å². The molecule has 1 aromatic rings. The third-order valence-corrected chi connectivity index (χ3v) is 5.34. The minimum absolute atomic E-state index is 0.162. The van der Waals surface area contributed by atoms with E-state index in [4.69, 9.17) is 10.5 Å². The summed E-state index contributed by atoms with van der Waals surface area (Å²) in [5.41, 5.74) is 6.86. The van der Waals surface area contributed by atoms with Crippen LogP contribution in [0.4, 0.5) is 5.69 Å². The molecule has 26 heavy (non-hydrogen) atoms. The molecule has 1 amide bonds. The van der Waals surface area contributed by atoms with Crippen molar-refractivity contribution in [2.75, 3.05) is 31.1 Å². The van der Waals surface area contributed by atoms with Gasteiger partial charge in [0.15, 0.2) is 5.69 Å². The summed E-state index contributed by atoms with van der Waals surface area (Å²) in [7, 11) is 0. The highest BCUT2D eigenvalue weighted by molar-refractivity contribution is 5.98. The molecule has 0 radical (unpaired) electrons. The largest absolute Gasteiger partial charge is 0.477 e. The molecule has 3 N–H and O–H groups in total. The summed E-state index contributed by atoms with van der Waals surface area (Å²) in [6.45, 7) is 7.12. The van der Waals surface area contributed by atoms with Crippen LogP contribution < -0.4 is 20.7 Å². The topological polar surface area (TPSA) is 80.5 Å². The second-order valence-corrected chi connectivity index (χ2v) is 7.93. The number of aromatic nitrogens is 1. The van der Waals surface area contributed by atoms with E-state index in [0.717, 1.165) is 44.5 Å². The zero-order valence-electron chi connectivity index (χ0n) is 16.1. The number of amides is 1. The lowest BCUT2D eigenvalue weighted by Crippen LogP contribution is -2.51. The lowest BCUT2D eigenvalue weighted by atomic mass is 9.96. The normalized spacial score (nSPS) is 19.3. The van der Waals surface area contributed by atoms with Gasteiger partial charge in [0.2, 0.25) is 5.88 Å². The zero-order valence-corrected chi connectivity index (χ0v) is 16.1. The Bertz CT molecular complexity index is 626. The number of nitrogens with one attached hydrogen (secondary N) is 1.